The summed E-state index contributed by atoms with van der Waals surface area (Å²) in [4.78, 5) is 24.5. The number of fused-ring (bicyclic) bond motifs is 1. The van der Waals surface area contributed by atoms with E-state index < -0.39 is 80.1 Å². The van der Waals surface area contributed by atoms with E-state index in [1.807, 2.05) is 0 Å². The molecule has 0 aromatic heterocycles. The van der Waals surface area contributed by atoms with Crippen LogP contribution in [0.15, 0.2) is 47.8 Å². The molecule has 0 spiro atoms. The Balaban J connectivity index is 1.43. The molecule has 2 heterocycles. The summed E-state index contributed by atoms with van der Waals surface area (Å²) in [5.74, 6) is -3.21. The molecule has 9 unspecified atom stereocenters. The van der Waals surface area contributed by atoms with E-state index in [1.165, 1.54) is 37.5 Å². The van der Waals surface area contributed by atoms with E-state index in [4.69, 9.17) is 28.4 Å². The molecule has 14 heteroatoms. The van der Waals surface area contributed by atoms with Gasteiger partial charge in [-0.25, -0.2) is 9.59 Å². The Labute approximate surface area is 234 Å². The predicted molar refractivity (Wildman–Crippen MR) is 136 cm³/mol. The van der Waals surface area contributed by atoms with Crippen LogP contribution in [0.1, 0.15) is 5.56 Å². The zero-order valence-corrected chi connectivity index (χ0v) is 22.1. The average molecular weight is 581 g/mol. The minimum atomic E-state index is -1.76. The van der Waals surface area contributed by atoms with Gasteiger partial charge < -0.3 is 59.1 Å². The Bertz CT molecular complexity index is 1210. The summed E-state index contributed by atoms with van der Waals surface area (Å²) in [6, 6.07) is 4.42. The normalized spacial score (nSPS) is 32.9. The van der Waals surface area contributed by atoms with Crippen LogP contribution in [-0.2, 0) is 33.3 Å². The van der Waals surface area contributed by atoms with Gasteiger partial charge in [0.1, 0.15) is 31.0 Å². The molecule has 2 aliphatic heterocycles. The van der Waals surface area contributed by atoms with Crippen LogP contribution >= 0.6 is 0 Å². The maximum Gasteiger partial charge on any atom is 0.337 e. The van der Waals surface area contributed by atoms with Gasteiger partial charge in [-0.2, -0.15) is 0 Å². The highest BCUT2D eigenvalue weighted by atomic mass is 16.8. The summed E-state index contributed by atoms with van der Waals surface area (Å²) in [5.41, 5.74) is 0.839. The maximum absolute atomic E-state index is 12.3. The quantitative estimate of drug-likeness (QED) is 0.114. The molecular formula is C27H32O14. The number of ether oxygens (including phenoxy) is 6. The number of hydrogen-bond donors (Lipinski definition) is 6. The molecule has 1 fully saturated rings. The van der Waals surface area contributed by atoms with Crippen LogP contribution in [-0.4, -0.2) is 113 Å². The molecule has 0 amide bonds. The molecule has 1 aliphatic carbocycles. The van der Waals surface area contributed by atoms with Crippen LogP contribution in [0.4, 0.5) is 0 Å². The standard InChI is InChI=1S/C27H32O14/c1-36-17-7-12(3-5-15(17)29)4-6-19(31)38-11-18-22(32)23(33)24(34)27(40-18)41-26-20-13(9-28)8-16(30)21(20)14(10-39-26)25(35)37-2/h3-8,10,16,18,20-24,26-30,32-34H,9,11H2,1-2H3. The number of phenolic OH excluding ortho intramolecular Hbond substituents is 1. The van der Waals surface area contributed by atoms with Crippen molar-refractivity contribution in [1.82, 2.24) is 0 Å². The molecule has 6 N–H and O–H groups in total. The molecule has 1 aromatic rings. The number of aliphatic hydroxyl groups excluding tert-OH is 5. The van der Waals surface area contributed by atoms with Gasteiger partial charge in [0.15, 0.2) is 17.8 Å². The number of esters is 2. The first-order valence-electron chi connectivity index (χ1n) is 12.6. The van der Waals surface area contributed by atoms with Gasteiger partial charge in [0.2, 0.25) is 6.29 Å². The highest BCUT2D eigenvalue weighted by Crippen LogP contribution is 2.44. The van der Waals surface area contributed by atoms with Gasteiger partial charge in [0.25, 0.3) is 0 Å². The van der Waals surface area contributed by atoms with E-state index in [1.54, 1.807) is 0 Å². The van der Waals surface area contributed by atoms with E-state index in [0.29, 0.717) is 11.1 Å². The maximum atomic E-state index is 12.3. The predicted octanol–water partition coefficient (Wildman–Crippen LogP) is -1.28. The van der Waals surface area contributed by atoms with Gasteiger partial charge >= 0.3 is 11.9 Å². The molecule has 0 bridgehead atoms. The molecule has 1 aromatic carbocycles. The molecular weight excluding hydrogens is 548 g/mol. The summed E-state index contributed by atoms with van der Waals surface area (Å²) in [5, 5.41) is 61.4. The SMILES string of the molecule is COC(=O)C1=COC(OC2OC(COC(=O)C=Cc3ccc(O)c(OC)c3)C(O)C(O)C2O)C2C(CO)=CC(O)C12. The Kier molecular flexibility index (Phi) is 9.65. The fraction of sp³-hybridized carbons (Fsp3) is 0.481. The Morgan fingerprint density at radius 1 is 1.02 bits per heavy atom. The van der Waals surface area contributed by atoms with E-state index >= 15 is 0 Å². The molecule has 0 radical (unpaired) electrons. The molecule has 0 saturated carbocycles. The third kappa shape index (κ3) is 6.38. The third-order valence-electron chi connectivity index (χ3n) is 7.10. The lowest BCUT2D eigenvalue weighted by atomic mass is 9.82. The van der Waals surface area contributed by atoms with E-state index in [2.05, 4.69) is 0 Å². The fourth-order valence-electron chi connectivity index (χ4n) is 4.95. The second-order valence-electron chi connectivity index (χ2n) is 9.56. The highest BCUT2D eigenvalue weighted by Gasteiger charge is 2.52. The van der Waals surface area contributed by atoms with Crippen molar-refractivity contribution in [2.45, 2.75) is 43.1 Å². The lowest BCUT2D eigenvalue weighted by Crippen LogP contribution is -2.60. The first kappa shape index (κ1) is 30.5. The van der Waals surface area contributed by atoms with Crippen molar-refractivity contribution in [3.05, 3.63) is 53.3 Å². The van der Waals surface area contributed by atoms with E-state index in [-0.39, 0.29) is 17.1 Å². The van der Waals surface area contributed by atoms with Gasteiger partial charge in [-0.15, -0.1) is 0 Å². The first-order valence-corrected chi connectivity index (χ1v) is 12.6. The summed E-state index contributed by atoms with van der Waals surface area (Å²) in [6.07, 6.45) is -5.67. The number of hydrogen-bond acceptors (Lipinski definition) is 14. The third-order valence-corrected chi connectivity index (χ3v) is 7.10. The Morgan fingerprint density at radius 2 is 1.78 bits per heavy atom. The van der Waals surface area contributed by atoms with Gasteiger partial charge in [-0.1, -0.05) is 12.1 Å². The number of phenols is 1. The zero-order chi connectivity index (χ0) is 29.8. The van der Waals surface area contributed by atoms with Gasteiger partial charge in [-0.3, -0.25) is 0 Å². The minimum absolute atomic E-state index is 0.00806. The van der Waals surface area contributed by atoms with Gasteiger partial charge in [-0.05, 0) is 29.3 Å². The summed E-state index contributed by atoms with van der Waals surface area (Å²) in [7, 11) is 2.54. The first-order chi connectivity index (χ1) is 19.6. The molecule has 9 atom stereocenters. The number of carbonyl (C=O) groups is 2. The topological polar surface area (TPSA) is 211 Å². The number of rotatable bonds is 9. The van der Waals surface area contributed by atoms with Crippen molar-refractivity contribution in [2.75, 3.05) is 27.4 Å². The summed E-state index contributed by atoms with van der Waals surface area (Å²) < 4.78 is 31.8. The molecule has 14 nitrogen and oxygen atoms in total. The minimum Gasteiger partial charge on any atom is -0.504 e. The molecule has 1 saturated heterocycles. The van der Waals surface area contributed by atoms with Crippen LogP contribution in [0.3, 0.4) is 0 Å². The van der Waals surface area contributed by atoms with Crippen LogP contribution < -0.4 is 4.74 Å². The largest absolute Gasteiger partial charge is 0.504 e. The number of carbonyl (C=O) groups excluding carboxylic acids is 2. The van der Waals surface area contributed by atoms with Crippen molar-refractivity contribution in [3.63, 3.8) is 0 Å². The molecule has 41 heavy (non-hydrogen) atoms. The molecule has 224 valence electrons. The van der Waals surface area contributed by atoms with Crippen molar-refractivity contribution >= 4 is 18.0 Å². The van der Waals surface area contributed by atoms with E-state index in [0.717, 1.165) is 19.4 Å². The lowest BCUT2D eigenvalue weighted by Gasteiger charge is -2.43. The van der Waals surface area contributed by atoms with Crippen molar-refractivity contribution < 1.29 is 68.6 Å². The van der Waals surface area contributed by atoms with E-state index in [9.17, 15) is 40.2 Å². The van der Waals surface area contributed by atoms with Crippen LogP contribution in [0, 0.1) is 11.8 Å². The zero-order valence-electron chi connectivity index (χ0n) is 22.1. The highest BCUT2D eigenvalue weighted by molar-refractivity contribution is 5.89. The number of methoxy groups -OCH3 is 2. The number of aromatic hydroxyl groups is 1. The molecule has 3 aliphatic rings. The average Bonchev–Trinajstić information content (AvgIpc) is 3.32. The number of aliphatic hydroxyl groups is 5. The Morgan fingerprint density at radius 3 is 2.46 bits per heavy atom. The van der Waals surface area contributed by atoms with Crippen molar-refractivity contribution in [3.8, 4) is 11.5 Å². The van der Waals surface area contributed by atoms with Crippen LogP contribution in [0.25, 0.3) is 6.08 Å². The fourth-order valence-corrected chi connectivity index (χ4v) is 4.95. The van der Waals surface area contributed by atoms with Crippen LogP contribution in [0.2, 0.25) is 0 Å². The van der Waals surface area contributed by atoms with Gasteiger partial charge in [0.05, 0.1) is 44.7 Å². The van der Waals surface area contributed by atoms with Gasteiger partial charge in [0, 0.05) is 12.0 Å². The van der Waals surface area contributed by atoms with Crippen molar-refractivity contribution in [2.24, 2.45) is 11.8 Å². The Hall–Kier alpha value is -3.50. The van der Waals surface area contributed by atoms with Crippen LogP contribution in [0.5, 0.6) is 11.5 Å². The second kappa shape index (κ2) is 13.0. The summed E-state index contributed by atoms with van der Waals surface area (Å²) in [6.45, 7) is -1.02. The number of benzene rings is 1. The smallest absolute Gasteiger partial charge is 0.337 e. The second-order valence-corrected chi connectivity index (χ2v) is 9.56. The monoisotopic (exact) mass is 580 g/mol. The summed E-state index contributed by atoms with van der Waals surface area (Å²) >= 11 is 0. The molecule has 4 rings (SSSR count). The lowest BCUT2D eigenvalue weighted by molar-refractivity contribution is -0.340. The van der Waals surface area contributed by atoms with Crippen molar-refractivity contribution in [1.29, 1.82) is 0 Å².